The number of carbonyl (C=O) groups excluding carboxylic acids is 1. The fourth-order valence-corrected chi connectivity index (χ4v) is 1.00. The van der Waals surface area contributed by atoms with Crippen LogP contribution in [0.25, 0.3) is 0 Å². The molecule has 3 nitrogen and oxygen atoms in total. The van der Waals surface area contributed by atoms with E-state index < -0.39 is 0 Å². The van der Waals surface area contributed by atoms with Crippen molar-refractivity contribution in [2.45, 2.75) is 6.54 Å². The number of hydrogen-bond acceptors (Lipinski definition) is 3. The maximum absolute atomic E-state index is 10.5. The molecule has 3 heteroatoms. The highest BCUT2D eigenvalue weighted by molar-refractivity contribution is 5.77. The maximum Gasteiger partial charge on any atom is 0.150 e. The van der Waals surface area contributed by atoms with E-state index >= 15 is 0 Å². The van der Waals surface area contributed by atoms with Crippen molar-refractivity contribution in [3.05, 3.63) is 29.3 Å². The molecule has 0 unspecified atom stereocenters. The molecular formula is C9H11NO2. The van der Waals surface area contributed by atoms with Crippen LogP contribution in [-0.2, 0) is 6.54 Å². The Morgan fingerprint density at radius 2 is 2.33 bits per heavy atom. The van der Waals surface area contributed by atoms with Gasteiger partial charge >= 0.3 is 0 Å². The molecule has 0 bridgehead atoms. The minimum Gasteiger partial charge on any atom is -0.497 e. The first kappa shape index (κ1) is 8.74. The van der Waals surface area contributed by atoms with Gasteiger partial charge in [-0.2, -0.15) is 0 Å². The first-order chi connectivity index (χ1) is 5.81. The fraction of sp³-hybridized carbons (Fsp3) is 0.222. The zero-order valence-electron chi connectivity index (χ0n) is 6.91. The van der Waals surface area contributed by atoms with Gasteiger partial charge in [0.1, 0.15) is 12.0 Å². The van der Waals surface area contributed by atoms with E-state index in [9.17, 15) is 4.79 Å². The number of hydrogen-bond donors (Lipinski definition) is 1. The number of carbonyl (C=O) groups is 1. The van der Waals surface area contributed by atoms with Gasteiger partial charge in [0.15, 0.2) is 0 Å². The first-order valence-corrected chi connectivity index (χ1v) is 3.64. The second kappa shape index (κ2) is 3.88. The van der Waals surface area contributed by atoms with Crippen molar-refractivity contribution in [3.8, 4) is 5.75 Å². The molecule has 0 saturated heterocycles. The van der Waals surface area contributed by atoms with E-state index in [0.717, 1.165) is 17.6 Å². The lowest BCUT2D eigenvalue weighted by Gasteiger charge is -2.04. The summed E-state index contributed by atoms with van der Waals surface area (Å²) in [6.45, 7) is 0.352. The number of rotatable bonds is 3. The number of nitrogens with two attached hydrogens (primary N) is 1. The molecule has 0 aliphatic carbocycles. The van der Waals surface area contributed by atoms with Gasteiger partial charge in [-0.25, -0.2) is 0 Å². The highest BCUT2D eigenvalue weighted by Crippen LogP contribution is 2.15. The molecule has 1 aromatic rings. The minimum atomic E-state index is 0.352. The largest absolute Gasteiger partial charge is 0.497 e. The molecule has 0 spiro atoms. The topological polar surface area (TPSA) is 52.3 Å². The van der Waals surface area contributed by atoms with Gasteiger partial charge in [0.2, 0.25) is 0 Å². The van der Waals surface area contributed by atoms with Crippen LogP contribution in [0.2, 0.25) is 0 Å². The van der Waals surface area contributed by atoms with Gasteiger partial charge in [0.25, 0.3) is 0 Å². The predicted octanol–water partition coefficient (Wildman–Crippen LogP) is 0.966. The summed E-state index contributed by atoms with van der Waals surface area (Å²) in [7, 11) is 1.58. The summed E-state index contributed by atoms with van der Waals surface area (Å²) in [6.07, 6.45) is 0.793. The van der Waals surface area contributed by atoms with Crippen LogP contribution in [0.5, 0.6) is 5.75 Å². The van der Waals surface area contributed by atoms with Crippen molar-refractivity contribution in [2.75, 3.05) is 7.11 Å². The Kier molecular flexibility index (Phi) is 2.82. The molecule has 64 valence electrons. The number of benzene rings is 1. The monoisotopic (exact) mass is 165 g/mol. The lowest BCUT2D eigenvalue weighted by atomic mass is 10.1. The Bertz CT molecular complexity index is 284. The Morgan fingerprint density at radius 3 is 2.83 bits per heavy atom. The van der Waals surface area contributed by atoms with Crippen LogP contribution in [0.4, 0.5) is 0 Å². The summed E-state index contributed by atoms with van der Waals surface area (Å²) in [5, 5.41) is 0. The van der Waals surface area contributed by atoms with E-state index in [1.165, 1.54) is 0 Å². The van der Waals surface area contributed by atoms with Crippen LogP contribution >= 0.6 is 0 Å². The van der Waals surface area contributed by atoms with Crippen molar-refractivity contribution in [2.24, 2.45) is 5.73 Å². The Labute approximate surface area is 71.1 Å². The Hall–Kier alpha value is -1.35. The van der Waals surface area contributed by atoms with Crippen molar-refractivity contribution < 1.29 is 9.53 Å². The van der Waals surface area contributed by atoms with Gasteiger partial charge in [-0.3, -0.25) is 4.79 Å². The van der Waals surface area contributed by atoms with Crippen molar-refractivity contribution in [1.29, 1.82) is 0 Å². The maximum atomic E-state index is 10.5. The SMILES string of the molecule is COc1ccc(C=O)c(CN)c1. The van der Waals surface area contributed by atoms with Gasteiger partial charge in [-0.15, -0.1) is 0 Å². The van der Waals surface area contributed by atoms with Crippen LogP contribution in [0.1, 0.15) is 15.9 Å². The third kappa shape index (κ3) is 1.62. The van der Waals surface area contributed by atoms with Crippen molar-refractivity contribution in [3.63, 3.8) is 0 Å². The molecule has 0 atom stereocenters. The van der Waals surface area contributed by atoms with E-state index in [-0.39, 0.29) is 0 Å². The number of ether oxygens (including phenoxy) is 1. The molecule has 0 aliphatic rings. The molecule has 0 radical (unpaired) electrons. The Morgan fingerprint density at radius 1 is 1.58 bits per heavy atom. The lowest BCUT2D eigenvalue weighted by molar-refractivity contribution is 0.112. The fourth-order valence-electron chi connectivity index (χ4n) is 1.00. The van der Waals surface area contributed by atoms with Crippen molar-refractivity contribution >= 4 is 6.29 Å². The predicted molar refractivity (Wildman–Crippen MR) is 46.3 cm³/mol. The summed E-state index contributed by atoms with van der Waals surface area (Å²) in [4.78, 5) is 10.5. The van der Waals surface area contributed by atoms with Gasteiger partial charge in [0, 0.05) is 12.1 Å². The normalized spacial score (nSPS) is 9.50. The second-order valence-electron chi connectivity index (χ2n) is 2.39. The highest BCUT2D eigenvalue weighted by atomic mass is 16.5. The zero-order chi connectivity index (χ0) is 8.97. The number of methoxy groups -OCH3 is 1. The molecule has 0 aromatic heterocycles. The summed E-state index contributed by atoms with van der Waals surface area (Å²) < 4.78 is 4.98. The number of aldehydes is 1. The quantitative estimate of drug-likeness (QED) is 0.679. The summed E-state index contributed by atoms with van der Waals surface area (Å²) >= 11 is 0. The summed E-state index contributed by atoms with van der Waals surface area (Å²) in [6, 6.07) is 5.21. The molecule has 2 N–H and O–H groups in total. The van der Waals surface area contributed by atoms with Crippen LogP contribution in [0.3, 0.4) is 0 Å². The average Bonchev–Trinajstić information content (AvgIpc) is 2.16. The van der Waals surface area contributed by atoms with Crippen LogP contribution in [-0.4, -0.2) is 13.4 Å². The third-order valence-corrected chi connectivity index (χ3v) is 1.70. The molecule has 0 heterocycles. The van der Waals surface area contributed by atoms with Crippen LogP contribution in [0, 0.1) is 0 Å². The molecule has 1 aromatic carbocycles. The highest BCUT2D eigenvalue weighted by Gasteiger charge is 2.00. The standard InChI is InChI=1S/C9H11NO2/c1-12-9-3-2-7(6-11)8(4-9)5-10/h2-4,6H,5,10H2,1H3. The zero-order valence-corrected chi connectivity index (χ0v) is 6.91. The average molecular weight is 165 g/mol. The Balaban J connectivity index is 3.10. The van der Waals surface area contributed by atoms with Crippen molar-refractivity contribution in [1.82, 2.24) is 0 Å². The molecule has 0 saturated carbocycles. The van der Waals surface area contributed by atoms with Crippen LogP contribution < -0.4 is 10.5 Å². The molecular weight excluding hydrogens is 154 g/mol. The van der Waals surface area contributed by atoms with Gasteiger partial charge in [-0.05, 0) is 23.8 Å². The van der Waals surface area contributed by atoms with E-state index in [1.54, 1.807) is 25.3 Å². The molecule has 1 rings (SSSR count). The van der Waals surface area contributed by atoms with E-state index in [0.29, 0.717) is 12.1 Å². The smallest absolute Gasteiger partial charge is 0.150 e. The van der Waals surface area contributed by atoms with E-state index in [4.69, 9.17) is 10.5 Å². The van der Waals surface area contributed by atoms with Gasteiger partial charge < -0.3 is 10.5 Å². The summed E-state index contributed by atoms with van der Waals surface area (Å²) in [5.41, 5.74) is 6.87. The first-order valence-electron chi connectivity index (χ1n) is 3.64. The van der Waals surface area contributed by atoms with Gasteiger partial charge in [-0.1, -0.05) is 0 Å². The molecule has 0 aliphatic heterocycles. The minimum absolute atomic E-state index is 0.352. The molecule has 0 amide bonds. The van der Waals surface area contributed by atoms with E-state index in [2.05, 4.69) is 0 Å². The third-order valence-electron chi connectivity index (χ3n) is 1.70. The second-order valence-corrected chi connectivity index (χ2v) is 2.39. The summed E-state index contributed by atoms with van der Waals surface area (Å²) in [5.74, 6) is 0.723. The van der Waals surface area contributed by atoms with Gasteiger partial charge in [0.05, 0.1) is 7.11 Å². The lowest BCUT2D eigenvalue weighted by Crippen LogP contribution is -2.01. The molecule has 12 heavy (non-hydrogen) atoms. The van der Waals surface area contributed by atoms with Crippen LogP contribution in [0.15, 0.2) is 18.2 Å². The van der Waals surface area contributed by atoms with E-state index in [1.807, 2.05) is 0 Å². The molecule has 0 fully saturated rings.